The number of ether oxygens (including phenoxy) is 1. The van der Waals surface area contributed by atoms with E-state index in [1.165, 1.54) is 25.3 Å². The van der Waals surface area contributed by atoms with E-state index in [-0.39, 0.29) is 17.9 Å². The fourth-order valence-corrected chi connectivity index (χ4v) is 2.03. The van der Waals surface area contributed by atoms with Crippen molar-refractivity contribution in [2.45, 2.75) is 12.5 Å². The maximum Gasteiger partial charge on any atom is 0.165 e. The van der Waals surface area contributed by atoms with Crippen LogP contribution in [0.3, 0.4) is 0 Å². The van der Waals surface area contributed by atoms with Crippen molar-refractivity contribution in [3.05, 3.63) is 29.6 Å². The van der Waals surface area contributed by atoms with Gasteiger partial charge in [0.25, 0.3) is 0 Å². The molecule has 0 aliphatic heterocycles. The molecule has 0 bridgehead atoms. The molecule has 1 aromatic rings. The Kier molecular flexibility index (Phi) is 4.47. The van der Waals surface area contributed by atoms with Crippen LogP contribution in [0.1, 0.15) is 18.1 Å². The van der Waals surface area contributed by atoms with Crippen molar-refractivity contribution in [3.8, 4) is 5.75 Å². The number of aliphatic hydroxyl groups is 1. The molecule has 0 spiro atoms. The number of aliphatic hydroxyl groups excluding tert-OH is 1. The number of hydrogen-bond donors (Lipinski definition) is 1. The predicted molar refractivity (Wildman–Crippen MR) is 62.2 cm³/mol. The van der Waals surface area contributed by atoms with Crippen LogP contribution in [0.25, 0.3) is 0 Å². The van der Waals surface area contributed by atoms with E-state index in [1.54, 1.807) is 0 Å². The fraction of sp³-hybridized carbons (Fsp3) is 0.455. The van der Waals surface area contributed by atoms with E-state index < -0.39 is 21.8 Å². The number of halogens is 1. The van der Waals surface area contributed by atoms with E-state index in [1.807, 2.05) is 0 Å². The van der Waals surface area contributed by atoms with Gasteiger partial charge in [-0.05, 0) is 24.1 Å². The molecule has 1 rings (SSSR count). The second-order valence-electron chi connectivity index (χ2n) is 3.83. The molecule has 1 unspecified atom stereocenters. The van der Waals surface area contributed by atoms with Crippen LogP contribution in [0.5, 0.6) is 5.75 Å². The highest BCUT2D eigenvalue weighted by atomic mass is 32.2. The van der Waals surface area contributed by atoms with Gasteiger partial charge >= 0.3 is 0 Å². The van der Waals surface area contributed by atoms with Gasteiger partial charge in [0, 0.05) is 6.26 Å². The topological polar surface area (TPSA) is 63.6 Å². The van der Waals surface area contributed by atoms with Gasteiger partial charge in [0.1, 0.15) is 9.84 Å². The first-order valence-corrected chi connectivity index (χ1v) is 7.09. The van der Waals surface area contributed by atoms with Gasteiger partial charge in [-0.25, -0.2) is 12.8 Å². The highest BCUT2D eigenvalue weighted by molar-refractivity contribution is 7.90. The van der Waals surface area contributed by atoms with Gasteiger partial charge < -0.3 is 9.84 Å². The molecule has 96 valence electrons. The van der Waals surface area contributed by atoms with Crippen molar-refractivity contribution >= 4 is 9.84 Å². The Morgan fingerprint density at radius 2 is 2.12 bits per heavy atom. The predicted octanol–water partition coefficient (Wildman–Crippen LogP) is 1.30. The van der Waals surface area contributed by atoms with Crippen molar-refractivity contribution in [1.82, 2.24) is 0 Å². The highest BCUT2D eigenvalue weighted by Crippen LogP contribution is 2.24. The zero-order chi connectivity index (χ0) is 13.1. The summed E-state index contributed by atoms with van der Waals surface area (Å²) >= 11 is 0. The first-order chi connectivity index (χ1) is 7.83. The van der Waals surface area contributed by atoms with E-state index in [2.05, 4.69) is 0 Å². The molecule has 0 aromatic heterocycles. The van der Waals surface area contributed by atoms with Gasteiger partial charge in [-0.3, -0.25) is 0 Å². The lowest BCUT2D eigenvalue weighted by atomic mass is 10.1. The quantitative estimate of drug-likeness (QED) is 0.868. The van der Waals surface area contributed by atoms with Crippen LogP contribution in [-0.2, 0) is 9.84 Å². The molecule has 0 aliphatic carbocycles. The highest BCUT2D eigenvalue weighted by Gasteiger charge is 2.13. The first kappa shape index (κ1) is 13.9. The van der Waals surface area contributed by atoms with Crippen molar-refractivity contribution in [1.29, 1.82) is 0 Å². The van der Waals surface area contributed by atoms with Crippen LogP contribution >= 0.6 is 0 Å². The monoisotopic (exact) mass is 262 g/mol. The molecular formula is C11H15FO4S. The summed E-state index contributed by atoms with van der Waals surface area (Å²) in [4.78, 5) is 0. The van der Waals surface area contributed by atoms with Gasteiger partial charge in [-0.2, -0.15) is 0 Å². The second kappa shape index (κ2) is 5.46. The third-order valence-corrected chi connectivity index (χ3v) is 3.30. The van der Waals surface area contributed by atoms with Gasteiger partial charge in [-0.15, -0.1) is 0 Å². The van der Waals surface area contributed by atoms with Crippen LogP contribution in [0, 0.1) is 5.82 Å². The molecule has 17 heavy (non-hydrogen) atoms. The Balaban J connectivity index is 2.79. The minimum Gasteiger partial charge on any atom is -0.494 e. The third kappa shape index (κ3) is 4.32. The Hall–Kier alpha value is -1.14. The standard InChI is InChI=1S/C11H15FO4S/c1-16-11-7-8(3-4-9(11)12)10(13)5-6-17(2,14)15/h3-4,7,10,13H,5-6H2,1-2H3. The molecule has 0 saturated carbocycles. The molecule has 0 aliphatic rings. The summed E-state index contributed by atoms with van der Waals surface area (Å²) in [5, 5.41) is 9.75. The summed E-state index contributed by atoms with van der Waals surface area (Å²) in [5.41, 5.74) is 0.437. The van der Waals surface area contributed by atoms with Gasteiger partial charge in [0.2, 0.25) is 0 Å². The molecule has 1 aromatic carbocycles. The number of rotatable bonds is 5. The lowest BCUT2D eigenvalue weighted by Crippen LogP contribution is -2.08. The number of methoxy groups -OCH3 is 1. The summed E-state index contributed by atoms with van der Waals surface area (Å²) < 4.78 is 39.8. The van der Waals surface area contributed by atoms with Crippen LogP contribution in [0.2, 0.25) is 0 Å². The zero-order valence-corrected chi connectivity index (χ0v) is 10.5. The van der Waals surface area contributed by atoms with Crippen molar-refractivity contribution in [2.24, 2.45) is 0 Å². The third-order valence-electron chi connectivity index (χ3n) is 2.32. The first-order valence-electron chi connectivity index (χ1n) is 5.02. The molecule has 1 N–H and O–H groups in total. The van der Waals surface area contributed by atoms with Crippen molar-refractivity contribution < 1.29 is 22.7 Å². The number of sulfone groups is 1. The Morgan fingerprint density at radius 3 is 2.65 bits per heavy atom. The lowest BCUT2D eigenvalue weighted by molar-refractivity contribution is 0.174. The SMILES string of the molecule is COc1cc(C(O)CCS(C)(=O)=O)ccc1F. The molecule has 0 fully saturated rings. The van der Waals surface area contributed by atoms with Crippen molar-refractivity contribution in [3.63, 3.8) is 0 Å². The Morgan fingerprint density at radius 1 is 1.47 bits per heavy atom. The smallest absolute Gasteiger partial charge is 0.165 e. The summed E-state index contributed by atoms with van der Waals surface area (Å²) in [6.45, 7) is 0. The summed E-state index contributed by atoms with van der Waals surface area (Å²) in [7, 11) is -1.79. The van der Waals surface area contributed by atoms with Crippen molar-refractivity contribution in [2.75, 3.05) is 19.1 Å². The fourth-order valence-electron chi connectivity index (χ4n) is 1.38. The maximum atomic E-state index is 13.1. The molecule has 6 heteroatoms. The summed E-state index contributed by atoms with van der Waals surface area (Å²) in [6.07, 6.45) is 0.234. The summed E-state index contributed by atoms with van der Waals surface area (Å²) in [5.74, 6) is -0.610. The molecule has 0 saturated heterocycles. The van der Waals surface area contributed by atoms with Gasteiger partial charge in [-0.1, -0.05) is 6.07 Å². The van der Waals surface area contributed by atoms with Crippen LogP contribution in [-0.4, -0.2) is 32.6 Å². The molecule has 1 atom stereocenters. The largest absolute Gasteiger partial charge is 0.494 e. The van der Waals surface area contributed by atoms with Gasteiger partial charge in [0.05, 0.1) is 19.0 Å². The second-order valence-corrected chi connectivity index (χ2v) is 6.09. The zero-order valence-electron chi connectivity index (χ0n) is 9.68. The molecule has 4 nitrogen and oxygen atoms in total. The summed E-state index contributed by atoms with van der Waals surface area (Å²) in [6, 6.07) is 3.95. The van der Waals surface area contributed by atoms with Gasteiger partial charge in [0.15, 0.2) is 11.6 Å². The average molecular weight is 262 g/mol. The van der Waals surface area contributed by atoms with Crippen LogP contribution in [0.4, 0.5) is 4.39 Å². The maximum absolute atomic E-state index is 13.1. The van der Waals surface area contributed by atoms with E-state index >= 15 is 0 Å². The lowest BCUT2D eigenvalue weighted by Gasteiger charge is -2.11. The number of hydrogen-bond acceptors (Lipinski definition) is 4. The average Bonchev–Trinajstić information content (AvgIpc) is 2.25. The normalized spacial score (nSPS) is 13.4. The van der Waals surface area contributed by atoms with E-state index in [0.29, 0.717) is 5.56 Å². The van der Waals surface area contributed by atoms with E-state index in [0.717, 1.165) is 6.26 Å². The van der Waals surface area contributed by atoms with Crippen LogP contribution < -0.4 is 4.74 Å². The minimum atomic E-state index is -3.12. The molecule has 0 radical (unpaired) electrons. The minimum absolute atomic E-state index is 0.0286. The number of benzene rings is 1. The Bertz CT molecular complexity index is 484. The molecular weight excluding hydrogens is 247 g/mol. The van der Waals surface area contributed by atoms with E-state index in [4.69, 9.17) is 4.74 Å². The molecule has 0 heterocycles. The molecule has 0 amide bonds. The Labute approximate surface area is 100.0 Å². The van der Waals surface area contributed by atoms with E-state index in [9.17, 15) is 17.9 Å². The van der Waals surface area contributed by atoms with Crippen LogP contribution in [0.15, 0.2) is 18.2 Å².